The van der Waals surface area contributed by atoms with E-state index in [0.717, 1.165) is 18.1 Å². The molecule has 24 heavy (non-hydrogen) atoms. The van der Waals surface area contributed by atoms with Gasteiger partial charge in [0.15, 0.2) is 5.60 Å². The Kier molecular flexibility index (Phi) is 10.4. The lowest BCUT2D eigenvalue weighted by Crippen LogP contribution is -2.42. The number of thioether (sulfide) groups is 1. The molecule has 0 amide bonds. The van der Waals surface area contributed by atoms with Gasteiger partial charge in [-0.1, -0.05) is 30.3 Å². The predicted octanol–water partition coefficient (Wildman–Crippen LogP) is 0.630. The summed E-state index contributed by atoms with van der Waals surface area (Å²) in [5.74, 6) is -2.89. The lowest BCUT2D eigenvalue weighted by molar-refractivity contribution is -0.170. The third-order valence-corrected chi connectivity index (χ3v) is 3.72. The van der Waals surface area contributed by atoms with Gasteiger partial charge in [-0.15, -0.1) is 0 Å². The highest BCUT2D eigenvalue weighted by Crippen LogP contribution is 2.15. The summed E-state index contributed by atoms with van der Waals surface area (Å²) >= 11 is 1.88. The zero-order valence-corrected chi connectivity index (χ0v) is 13.7. The van der Waals surface area contributed by atoms with Crippen LogP contribution in [0.15, 0.2) is 30.3 Å². The van der Waals surface area contributed by atoms with Crippen LogP contribution >= 0.6 is 11.8 Å². The molecule has 1 aromatic carbocycles. The molecule has 0 fully saturated rings. The SMILES string of the molecule is NCCSCc1ccccc1.O=C(O)CC(O)(CC(=O)O)C(=O)O. The van der Waals surface area contributed by atoms with Crippen molar-refractivity contribution < 1.29 is 34.8 Å². The minimum atomic E-state index is -2.74. The van der Waals surface area contributed by atoms with Crippen LogP contribution in [0, 0.1) is 0 Å². The zero-order valence-electron chi connectivity index (χ0n) is 12.9. The maximum Gasteiger partial charge on any atom is 0.336 e. The van der Waals surface area contributed by atoms with Crippen LogP contribution in [0.25, 0.3) is 0 Å². The Morgan fingerprint density at radius 1 is 1.00 bits per heavy atom. The van der Waals surface area contributed by atoms with Gasteiger partial charge in [-0.2, -0.15) is 11.8 Å². The monoisotopic (exact) mass is 359 g/mol. The summed E-state index contributed by atoms with van der Waals surface area (Å²) < 4.78 is 0. The number of carboxylic acids is 3. The van der Waals surface area contributed by atoms with Gasteiger partial charge in [-0.05, 0) is 5.56 Å². The molecule has 6 N–H and O–H groups in total. The molecule has 8 nitrogen and oxygen atoms in total. The minimum Gasteiger partial charge on any atom is -0.481 e. The Balaban J connectivity index is 0.000000446. The zero-order chi connectivity index (χ0) is 18.6. The van der Waals surface area contributed by atoms with E-state index in [1.54, 1.807) is 0 Å². The molecule has 0 radical (unpaired) electrons. The van der Waals surface area contributed by atoms with Crippen molar-refractivity contribution in [1.29, 1.82) is 0 Å². The Morgan fingerprint density at radius 3 is 1.88 bits per heavy atom. The molecule has 0 aliphatic heterocycles. The van der Waals surface area contributed by atoms with E-state index in [9.17, 15) is 14.4 Å². The Labute approximate surface area is 143 Å². The van der Waals surface area contributed by atoms with Crippen molar-refractivity contribution in [2.24, 2.45) is 5.73 Å². The van der Waals surface area contributed by atoms with E-state index < -0.39 is 36.4 Å². The Hall–Kier alpha value is -2.10. The van der Waals surface area contributed by atoms with Crippen molar-refractivity contribution in [3.63, 3.8) is 0 Å². The molecule has 0 unspecified atom stereocenters. The van der Waals surface area contributed by atoms with Crippen molar-refractivity contribution in [2.45, 2.75) is 24.2 Å². The van der Waals surface area contributed by atoms with E-state index in [1.165, 1.54) is 5.56 Å². The standard InChI is InChI=1S/C9H13NS.C6H8O7/c10-6-7-11-8-9-4-2-1-3-5-9;7-3(8)1-6(13,5(11)12)2-4(9)10/h1-5H,6-8,10H2;13H,1-2H2,(H,7,8)(H,9,10)(H,11,12). The summed E-state index contributed by atoms with van der Waals surface area (Å²) in [6, 6.07) is 10.5. The van der Waals surface area contributed by atoms with Gasteiger partial charge in [-0.3, -0.25) is 9.59 Å². The summed E-state index contributed by atoms with van der Waals surface area (Å²) in [5.41, 5.74) is 4.01. The number of hydrogen-bond donors (Lipinski definition) is 5. The first-order valence-electron chi connectivity index (χ1n) is 6.92. The quantitative estimate of drug-likeness (QED) is 0.399. The van der Waals surface area contributed by atoms with E-state index in [4.69, 9.17) is 26.2 Å². The number of nitrogens with two attached hydrogens (primary N) is 1. The number of benzene rings is 1. The van der Waals surface area contributed by atoms with Gasteiger partial charge in [0.1, 0.15) is 0 Å². The van der Waals surface area contributed by atoms with Crippen LogP contribution in [0.3, 0.4) is 0 Å². The third-order valence-electron chi connectivity index (χ3n) is 2.66. The fourth-order valence-electron chi connectivity index (χ4n) is 1.56. The highest BCUT2D eigenvalue weighted by Gasteiger charge is 2.40. The van der Waals surface area contributed by atoms with E-state index in [0.29, 0.717) is 0 Å². The van der Waals surface area contributed by atoms with Crippen LogP contribution in [0.2, 0.25) is 0 Å². The third kappa shape index (κ3) is 9.82. The number of hydrogen-bond acceptors (Lipinski definition) is 6. The van der Waals surface area contributed by atoms with E-state index in [-0.39, 0.29) is 0 Å². The van der Waals surface area contributed by atoms with Crippen LogP contribution < -0.4 is 5.73 Å². The summed E-state index contributed by atoms with van der Waals surface area (Å²) in [7, 11) is 0. The second-order valence-corrected chi connectivity index (χ2v) is 5.91. The van der Waals surface area contributed by atoms with Crippen LogP contribution in [-0.4, -0.2) is 56.2 Å². The molecule has 1 aromatic rings. The smallest absolute Gasteiger partial charge is 0.336 e. The molecule has 0 heterocycles. The fraction of sp³-hybridized carbons (Fsp3) is 0.400. The second kappa shape index (κ2) is 11.4. The first-order chi connectivity index (χ1) is 11.2. The van der Waals surface area contributed by atoms with Crippen LogP contribution in [0.1, 0.15) is 18.4 Å². The van der Waals surface area contributed by atoms with Crippen LogP contribution in [0.4, 0.5) is 0 Å². The molecule has 0 aromatic heterocycles. The summed E-state index contributed by atoms with van der Waals surface area (Å²) in [6.45, 7) is 0.775. The van der Waals surface area contributed by atoms with Crippen LogP contribution in [0.5, 0.6) is 0 Å². The van der Waals surface area contributed by atoms with Crippen molar-refractivity contribution in [2.75, 3.05) is 12.3 Å². The number of rotatable bonds is 9. The maximum atomic E-state index is 10.3. The van der Waals surface area contributed by atoms with Gasteiger partial charge in [0.25, 0.3) is 0 Å². The van der Waals surface area contributed by atoms with Crippen molar-refractivity contribution in [1.82, 2.24) is 0 Å². The molecule has 0 spiro atoms. The summed E-state index contributed by atoms with van der Waals surface area (Å²) in [5, 5.41) is 33.8. The van der Waals surface area contributed by atoms with Gasteiger partial charge in [0.05, 0.1) is 12.8 Å². The van der Waals surface area contributed by atoms with E-state index >= 15 is 0 Å². The molecular weight excluding hydrogens is 338 g/mol. The topological polar surface area (TPSA) is 158 Å². The average Bonchev–Trinajstić information content (AvgIpc) is 2.47. The molecule has 134 valence electrons. The first kappa shape index (κ1) is 21.9. The number of aliphatic hydroxyl groups is 1. The minimum absolute atomic E-state index is 0.775. The van der Waals surface area contributed by atoms with E-state index in [1.807, 2.05) is 17.8 Å². The Morgan fingerprint density at radius 2 is 1.50 bits per heavy atom. The summed E-state index contributed by atoms with van der Waals surface area (Å²) in [6.07, 6.45) is -2.29. The molecular formula is C15H21NO7S. The van der Waals surface area contributed by atoms with Gasteiger partial charge in [0, 0.05) is 18.1 Å². The average molecular weight is 359 g/mol. The number of carbonyl (C=O) groups is 3. The lowest BCUT2D eigenvalue weighted by Gasteiger charge is -2.18. The van der Waals surface area contributed by atoms with Gasteiger partial charge < -0.3 is 26.2 Å². The highest BCUT2D eigenvalue weighted by molar-refractivity contribution is 7.98. The molecule has 1 rings (SSSR count). The molecule has 0 saturated carbocycles. The van der Waals surface area contributed by atoms with Gasteiger partial charge in [0.2, 0.25) is 0 Å². The molecule has 0 atom stereocenters. The first-order valence-corrected chi connectivity index (χ1v) is 8.08. The molecule has 0 aliphatic carbocycles. The van der Waals surface area contributed by atoms with E-state index in [2.05, 4.69) is 24.3 Å². The molecule has 0 saturated heterocycles. The number of carboxylic acid groups (broad SMARTS) is 3. The molecule has 9 heteroatoms. The van der Waals surface area contributed by atoms with Gasteiger partial charge in [-0.25, -0.2) is 4.79 Å². The highest BCUT2D eigenvalue weighted by atomic mass is 32.2. The molecule has 0 aliphatic rings. The van der Waals surface area contributed by atoms with Crippen molar-refractivity contribution in [3.05, 3.63) is 35.9 Å². The second-order valence-electron chi connectivity index (χ2n) is 4.80. The normalized spacial score (nSPS) is 10.4. The Bertz CT molecular complexity index is 520. The lowest BCUT2D eigenvalue weighted by atomic mass is 9.96. The van der Waals surface area contributed by atoms with Crippen molar-refractivity contribution >= 4 is 29.7 Å². The van der Waals surface area contributed by atoms with Crippen LogP contribution in [-0.2, 0) is 20.1 Å². The largest absolute Gasteiger partial charge is 0.481 e. The summed E-state index contributed by atoms with van der Waals surface area (Å²) in [4.78, 5) is 30.5. The van der Waals surface area contributed by atoms with Gasteiger partial charge >= 0.3 is 17.9 Å². The number of aliphatic carboxylic acids is 3. The fourth-order valence-corrected chi connectivity index (χ4v) is 2.30. The molecule has 0 bridgehead atoms. The predicted molar refractivity (Wildman–Crippen MR) is 88.7 cm³/mol. The maximum absolute atomic E-state index is 10.3. The van der Waals surface area contributed by atoms with Crippen molar-refractivity contribution in [3.8, 4) is 0 Å².